The zero-order chi connectivity index (χ0) is 18.1. The Kier molecular flexibility index (Phi) is 4.64. The first-order valence-corrected chi connectivity index (χ1v) is 9.51. The molecule has 26 heavy (non-hydrogen) atoms. The van der Waals surface area contributed by atoms with Gasteiger partial charge in [-0.25, -0.2) is 9.97 Å². The van der Waals surface area contributed by atoms with Gasteiger partial charge in [0.15, 0.2) is 0 Å². The summed E-state index contributed by atoms with van der Waals surface area (Å²) in [6, 6.07) is 9.10. The second-order valence-corrected chi connectivity index (χ2v) is 7.21. The van der Waals surface area contributed by atoms with Crippen molar-refractivity contribution in [1.29, 1.82) is 0 Å². The molecular formula is C21H27N5. The van der Waals surface area contributed by atoms with Crippen LogP contribution in [0.5, 0.6) is 0 Å². The highest BCUT2D eigenvalue weighted by atomic mass is 15.2. The SMILES string of the molecule is CCc1cc(C2CCNCC2)ccc1N(C)c1cc2c(cn1)ncn2C. The third-order valence-electron chi connectivity index (χ3n) is 5.60. The van der Waals surface area contributed by atoms with Crippen LogP contribution in [0.1, 0.15) is 36.8 Å². The Bertz CT molecular complexity index is 908. The highest BCUT2D eigenvalue weighted by molar-refractivity contribution is 5.79. The number of fused-ring (bicyclic) bond motifs is 1. The topological polar surface area (TPSA) is 46.0 Å². The number of nitrogens with zero attached hydrogens (tertiary/aromatic N) is 4. The highest BCUT2D eigenvalue weighted by Crippen LogP contribution is 2.32. The number of pyridine rings is 1. The van der Waals surface area contributed by atoms with Crippen molar-refractivity contribution in [2.75, 3.05) is 25.0 Å². The minimum absolute atomic E-state index is 0.685. The predicted octanol–water partition coefficient (Wildman–Crippen LogP) is 3.77. The molecule has 0 radical (unpaired) electrons. The van der Waals surface area contributed by atoms with E-state index in [-0.39, 0.29) is 0 Å². The maximum absolute atomic E-state index is 4.63. The van der Waals surface area contributed by atoms with Gasteiger partial charge in [-0.05, 0) is 55.5 Å². The number of benzene rings is 1. The minimum Gasteiger partial charge on any atom is -0.334 e. The fourth-order valence-corrected chi connectivity index (χ4v) is 3.95. The molecule has 2 aromatic heterocycles. The maximum atomic E-state index is 4.63. The molecule has 0 amide bonds. The van der Waals surface area contributed by atoms with Crippen molar-refractivity contribution in [3.8, 4) is 0 Å². The summed E-state index contributed by atoms with van der Waals surface area (Å²) in [4.78, 5) is 11.2. The Morgan fingerprint density at radius 2 is 2.00 bits per heavy atom. The Morgan fingerprint density at radius 1 is 1.19 bits per heavy atom. The van der Waals surface area contributed by atoms with Gasteiger partial charge in [0.1, 0.15) is 11.3 Å². The Hall–Kier alpha value is -2.40. The zero-order valence-electron chi connectivity index (χ0n) is 15.9. The summed E-state index contributed by atoms with van der Waals surface area (Å²) in [7, 11) is 4.12. The van der Waals surface area contributed by atoms with Crippen molar-refractivity contribution in [3.05, 3.63) is 47.9 Å². The maximum Gasteiger partial charge on any atom is 0.134 e. The second-order valence-electron chi connectivity index (χ2n) is 7.21. The Morgan fingerprint density at radius 3 is 2.77 bits per heavy atom. The lowest BCUT2D eigenvalue weighted by molar-refractivity contribution is 0.460. The molecule has 0 aliphatic carbocycles. The lowest BCUT2D eigenvalue weighted by Gasteiger charge is -2.26. The first kappa shape index (κ1) is 17.0. The van der Waals surface area contributed by atoms with Gasteiger partial charge in [0.25, 0.3) is 0 Å². The molecule has 1 fully saturated rings. The summed E-state index contributed by atoms with van der Waals surface area (Å²) < 4.78 is 2.04. The number of nitrogens with one attached hydrogen (secondary N) is 1. The molecule has 3 aromatic rings. The van der Waals surface area contributed by atoms with Crippen LogP contribution in [0.3, 0.4) is 0 Å². The van der Waals surface area contributed by atoms with Crippen molar-refractivity contribution >= 4 is 22.5 Å². The molecule has 0 atom stereocenters. The quantitative estimate of drug-likeness (QED) is 0.779. The van der Waals surface area contributed by atoms with Gasteiger partial charge in [0.05, 0.1) is 18.0 Å². The summed E-state index contributed by atoms with van der Waals surface area (Å²) >= 11 is 0. The number of anilines is 2. The van der Waals surface area contributed by atoms with Crippen LogP contribution in [0.2, 0.25) is 0 Å². The smallest absolute Gasteiger partial charge is 0.134 e. The van der Waals surface area contributed by atoms with Gasteiger partial charge < -0.3 is 14.8 Å². The average molecular weight is 349 g/mol. The fraction of sp³-hybridized carbons (Fsp3) is 0.429. The van der Waals surface area contributed by atoms with Crippen molar-refractivity contribution in [2.24, 2.45) is 7.05 Å². The summed E-state index contributed by atoms with van der Waals surface area (Å²) in [5.74, 6) is 1.63. The number of piperidine rings is 1. The van der Waals surface area contributed by atoms with Crippen LogP contribution >= 0.6 is 0 Å². The molecular weight excluding hydrogens is 322 g/mol. The van der Waals surface area contributed by atoms with E-state index in [9.17, 15) is 0 Å². The summed E-state index contributed by atoms with van der Waals surface area (Å²) in [5.41, 5.74) is 6.14. The van der Waals surface area contributed by atoms with Crippen LogP contribution < -0.4 is 10.2 Å². The molecule has 1 saturated heterocycles. The van der Waals surface area contributed by atoms with Crippen LogP contribution in [-0.4, -0.2) is 34.7 Å². The van der Waals surface area contributed by atoms with E-state index in [0.29, 0.717) is 5.92 Å². The van der Waals surface area contributed by atoms with E-state index < -0.39 is 0 Å². The van der Waals surface area contributed by atoms with Crippen LogP contribution in [-0.2, 0) is 13.5 Å². The number of imidazole rings is 1. The van der Waals surface area contributed by atoms with Gasteiger partial charge in [-0.2, -0.15) is 0 Å². The molecule has 1 N–H and O–H groups in total. The predicted molar refractivity (Wildman–Crippen MR) is 107 cm³/mol. The summed E-state index contributed by atoms with van der Waals surface area (Å²) in [6.07, 6.45) is 7.18. The lowest BCUT2D eigenvalue weighted by atomic mass is 9.88. The normalized spacial score (nSPS) is 15.5. The van der Waals surface area contributed by atoms with E-state index in [1.54, 1.807) is 0 Å². The summed E-state index contributed by atoms with van der Waals surface area (Å²) in [6.45, 7) is 4.49. The van der Waals surface area contributed by atoms with Crippen molar-refractivity contribution in [3.63, 3.8) is 0 Å². The lowest BCUT2D eigenvalue weighted by Crippen LogP contribution is -2.26. The minimum atomic E-state index is 0.685. The van der Waals surface area contributed by atoms with E-state index in [4.69, 9.17) is 0 Å². The number of aryl methyl sites for hydroxylation is 2. The van der Waals surface area contributed by atoms with Gasteiger partial charge in [-0.15, -0.1) is 0 Å². The first-order chi connectivity index (χ1) is 12.7. The largest absolute Gasteiger partial charge is 0.334 e. The molecule has 5 nitrogen and oxygen atoms in total. The monoisotopic (exact) mass is 349 g/mol. The van der Waals surface area contributed by atoms with Crippen LogP contribution in [0, 0.1) is 0 Å². The van der Waals surface area contributed by atoms with Gasteiger partial charge >= 0.3 is 0 Å². The number of hydrogen-bond acceptors (Lipinski definition) is 4. The molecule has 1 aliphatic heterocycles. The van der Waals surface area contributed by atoms with Crippen molar-refractivity contribution in [1.82, 2.24) is 19.9 Å². The third-order valence-corrected chi connectivity index (χ3v) is 5.60. The van der Waals surface area contributed by atoms with Gasteiger partial charge in [-0.1, -0.05) is 19.1 Å². The fourth-order valence-electron chi connectivity index (χ4n) is 3.95. The molecule has 1 aromatic carbocycles. The van der Waals surface area contributed by atoms with Crippen LogP contribution in [0.15, 0.2) is 36.8 Å². The second kappa shape index (κ2) is 7.08. The Labute approximate surface area is 155 Å². The molecule has 0 saturated carbocycles. The van der Waals surface area contributed by atoms with Gasteiger partial charge in [0.2, 0.25) is 0 Å². The van der Waals surface area contributed by atoms with Crippen molar-refractivity contribution < 1.29 is 0 Å². The number of hydrogen-bond donors (Lipinski definition) is 1. The zero-order valence-corrected chi connectivity index (χ0v) is 15.9. The van der Waals surface area contributed by atoms with Gasteiger partial charge in [-0.3, -0.25) is 0 Å². The number of aromatic nitrogens is 3. The van der Waals surface area contributed by atoms with Gasteiger partial charge in [0, 0.05) is 25.8 Å². The number of rotatable bonds is 4. The molecule has 4 rings (SSSR count). The molecule has 0 unspecified atom stereocenters. The average Bonchev–Trinajstić information content (AvgIpc) is 3.08. The standard InChI is InChI=1S/C21H27N5/c1-4-15-11-17(16-7-9-22-10-8-16)5-6-19(15)26(3)21-12-20-18(13-23-21)24-14-25(20)2/h5-6,11-14,16,22H,4,7-10H2,1-3H3. The molecule has 136 valence electrons. The van der Waals surface area contributed by atoms with E-state index in [2.05, 4.69) is 58.4 Å². The van der Waals surface area contributed by atoms with Crippen LogP contribution in [0.4, 0.5) is 11.5 Å². The molecule has 1 aliphatic rings. The van der Waals surface area contributed by atoms with Crippen molar-refractivity contribution in [2.45, 2.75) is 32.1 Å². The first-order valence-electron chi connectivity index (χ1n) is 9.51. The third kappa shape index (κ3) is 3.07. The molecule has 5 heteroatoms. The van der Waals surface area contributed by atoms with E-state index in [0.717, 1.165) is 36.4 Å². The van der Waals surface area contributed by atoms with E-state index >= 15 is 0 Å². The highest BCUT2D eigenvalue weighted by Gasteiger charge is 2.18. The van der Waals surface area contributed by atoms with E-state index in [1.807, 2.05) is 24.1 Å². The van der Waals surface area contributed by atoms with Crippen LogP contribution in [0.25, 0.3) is 11.0 Å². The van der Waals surface area contributed by atoms with E-state index in [1.165, 1.54) is 29.7 Å². The molecule has 0 bridgehead atoms. The summed E-state index contributed by atoms with van der Waals surface area (Å²) in [5, 5.41) is 3.46. The molecule has 0 spiro atoms. The molecule has 3 heterocycles. The Balaban J connectivity index is 1.67.